The highest BCUT2D eigenvalue weighted by Gasteiger charge is 2.01. The second-order valence-electron chi connectivity index (χ2n) is 3.06. The average Bonchev–Trinajstić information content (AvgIpc) is 2.62. The molecular formula is C9H16N4O. The van der Waals surface area contributed by atoms with Crippen molar-refractivity contribution in [3.05, 3.63) is 18.2 Å². The number of nitrogens with one attached hydrogen (secondary N) is 2. The molecule has 2 N–H and O–H groups in total. The standard InChI is InChI=1S/C9H16N4O/c1-10-4-3-8-5-13(7-12-8)6-9(14)11-2/h5,7,10H,3-4,6H2,1-2H3,(H,11,14). The summed E-state index contributed by atoms with van der Waals surface area (Å²) >= 11 is 0. The summed E-state index contributed by atoms with van der Waals surface area (Å²) < 4.78 is 1.78. The molecule has 0 radical (unpaired) electrons. The number of imidazole rings is 1. The number of carbonyl (C=O) groups is 1. The highest BCUT2D eigenvalue weighted by molar-refractivity contribution is 5.75. The van der Waals surface area contributed by atoms with Gasteiger partial charge >= 0.3 is 0 Å². The van der Waals surface area contributed by atoms with Gasteiger partial charge in [0.05, 0.1) is 12.0 Å². The minimum atomic E-state index is -0.0115. The fourth-order valence-corrected chi connectivity index (χ4v) is 1.12. The van der Waals surface area contributed by atoms with Gasteiger partial charge in [-0.25, -0.2) is 4.98 Å². The zero-order valence-corrected chi connectivity index (χ0v) is 8.58. The first kappa shape index (κ1) is 10.7. The van der Waals surface area contributed by atoms with Crippen LogP contribution < -0.4 is 10.6 Å². The monoisotopic (exact) mass is 196 g/mol. The molecular weight excluding hydrogens is 180 g/mol. The number of hydrogen-bond acceptors (Lipinski definition) is 3. The number of likely N-dealkylation sites (N-methyl/N-ethyl adjacent to an activating group) is 2. The molecule has 1 rings (SSSR count). The van der Waals surface area contributed by atoms with Gasteiger partial charge in [-0.3, -0.25) is 4.79 Å². The van der Waals surface area contributed by atoms with Crippen LogP contribution in [0.4, 0.5) is 0 Å². The number of amides is 1. The number of rotatable bonds is 5. The maximum Gasteiger partial charge on any atom is 0.239 e. The molecule has 1 aromatic rings. The smallest absolute Gasteiger partial charge is 0.239 e. The van der Waals surface area contributed by atoms with Gasteiger partial charge in [0.1, 0.15) is 6.54 Å². The molecule has 0 aromatic carbocycles. The largest absolute Gasteiger partial charge is 0.358 e. The molecule has 0 atom stereocenters. The van der Waals surface area contributed by atoms with Gasteiger partial charge in [0.15, 0.2) is 0 Å². The zero-order chi connectivity index (χ0) is 10.4. The van der Waals surface area contributed by atoms with E-state index in [1.54, 1.807) is 17.9 Å². The van der Waals surface area contributed by atoms with E-state index >= 15 is 0 Å². The van der Waals surface area contributed by atoms with E-state index in [4.69, 9.17) is 0 Å². The van der Waals surface area contributed by atoms with E-state index in [-0.39, 0.29) is 5.91 Å². The molecule has 0 bridgehead atoms. The van der Waals surface area contributed by atoms with Crippen molar-refractivity contribution in [1.29, 1.82) is 0 Å². The van der Waals surface area contributed by atoms with Crippen LogP contribution in [0.2, 0.25) is 0 Å². The van der Waals surface area contributed by atoms with Crippen LogP contribution in [0.1, 0.15) is 5.69 Å². The Balaban J connectivity index is 2.46. The van der Waals surface area contributed by atoms with E-state index in [9.17, 15) is 4.79 Å². The molecule has 1 heterocycles. The quantitative estimate of drug-likeness (QED) is 0.660. The van der Waals surface area contributed by atoms with E-state index in [0.717, 1.165) is 18.7 Å². The van der Waals surface area contributed by atoms with Crippen molar-refractivity contribution in [2.75, 3.05) is 20.6 Å². The summed E-state index contributed by atoms with van der Waals surface area (Å²) in [4.78, 5) is 15.2. The SMILES string of the molecule is CNCCc1cn(CC(=O)NC)cn1. The Hall–Kier alpha value is -1.36. The molecule has 5 nitrogen and oxygen atoms in total. The van der Waals surface area contributed by atoms with Crippen LogP contribution in [0, 0.1) is 0 Å². The van der Waals surface area contributed by atoms with Gasteiger partial charge < -0.3 is 15.2 Å². The van der Waals surface area contributed by atoms with Crippen LogP contribution in [0.5, 0.6) is 0 Å². The topological polar surface area (TPSA) is 59.0 Å². The summed E-state index contributed by atoms with van der Waals surface area (Å²) in [5.74, 6) is -0.0115. The molecule has 78 valence electrons. The van der Waals surface area contributed by atoms with Gasteiger partial charge in [-0.2, -0.15) is 0 Å². The summed E-state index contributed by atoms with van der Waals surface area (Å²) in [6.07, 6.45) is 4.46. The lowest BCUT2D eigenvalue weighted by Crippen LogP contribution is -2.22. The summed E-state index contributed by atoms with van der Waals surface area (Å²) in [5, 5.41) is 5.61. The minimum absolute atomic E-state index is 0.0115. The van der Waals surface area contributed by atoms with E-state index in [1.807, 2.05) is 13.2 Å². The molecule has 1 aromatic heterocycles. The van der Waals surface area contributed by atoms with Crippen LogP contribution in [-0.2, 0) is 17.8 Å². The Morgan fingerprint density at radius 3 is 3.00 bits per heavy atom. The summed E-state index contributed by atoms with van der Waals surface area (Å²) in [7, 11) is 3.53. The maximum absolute atomic E-state index is 11.0. The van der Waals surface area contributed by atoms with Gasteiger partial charge in [0.2, 0.25) is 5.91 Å². The first-order valence-corrected chi connectivity index (χ1v) is 4.62. The Labute approximate surface area is 83.5 Å². The van der Waals surface area contributed by atoms with Gasteiger partial charge in [0.25, 0.3) is 0 Å². The second kappa shape index (κ2) is 5.39. The molecule has 0 aliphatic heterocycles. The second-order valence-corrected chi connectivity index (χ2v) is 3.06. The molecule has 0 aliphatic carbocycles. The van der Waals surface area contributed by atoms with Crippen molar-refractivity contribution in [3.63, 3.8) is 0 Å². The van der Waals surface area contributed by atoms with Gasteiger partial charge in [-0.05, 0) is 7.05 Å². The normalized spacial score (nSPS) is 10.1. The zero-order valence-electron chi connectivity index (χ0n) is 8.58. The Morgan fingerprint density at radius 2 is 2.36 bits per heavy atom. The molecule has 0 spiro atoms. The number of hydrogen-bond donors (Lipinski definition) is 2. The molecule has 0 saturated heterocycles. The van der Waals surface area contributed by atoms with E-state index < -0.39 is 0 Å². The highest BCUT2D eigenvalue weighted by atomic mass is 16.1. The van der Waals surface area contributed by atoms with Crippen molar-refractivity contribution < 1.29 is 4.79 Å². The highest BCUT2D eigenvalue weighted by Crippen LogP contribution is 1.96. The number of carbonyl (C=O) groups excluding carboxylic acids is 1. The predicted octanol–water partition coefficient (Wildman–Crippen LogP) is -0.609. The lowest BCUT2D eigenvalue weighted by Gasteiger charge is -1.99. The van der Waals surface area contributed by atoms with Crippen molar-refractivity contribution in [2.24, 2.45) is 0 Å². The third-order valence-corrected chi connectivity index (χ3v) is 1.92. The van der Waals surface area contributed by atoms with E-state index in [2.05, 4.69) is 15.6 Å². The molecule has 5 heteroatoms. The maximum atomic E-state index is 11.0. The van der Waals surface area contributed by atoms with Crippen LogP contribution >= 0.6 is 0 Å². The van der Waals surface area contributed by atoms with Crippen LogP contribution in [0.3, 0.4) is 0 Å². The first-order valence-electron chi connectivity index (χ1n) is 4.62. The van der Waals surface area contributed by atoms with Gasteiger partial charge in [0, 0.05) is 26.2 Å². The average molecular weight is 196 g/mol. The lowest BCUT2D eigenvalue weighted by atomic mass is 10.3. The summed E-state index contributed by atoms with van der Waals surface area (Å²) in [6.45, 7) is 1.24. The number of aromatic nitrogens is 2. The Morgan fingerprint density at radius 1 is 1.57 bits per heavy atom. The first-order chi connectivity index (χ1) is 6.76. The fourth-order valence-electron chi connectivity index (χ4n) is 1.12. The molecule has 0 unspecified atom stereocenters. The molecule has 14 heavy (non-hydrogen) atoms. The van der Waals surface area contributed by atoms with Crippen LogP contribution in [0.15, 0.2) is 12.5 Å². The van der Waals surface area contributed by atoms with Gasteiger partial charge in [-0.15, -0.1) is 0 Å². The summed E-state index contributed by atoms with van der Waals surface area (Å²) in [6, 6.07) is 0. The summed E-state index contributed by atoms with van der Waals surface area (Å²) in [5.41, 5.74) is 1.00. The molecule has 0 aliphatic rings. The third kappa shape index (κ3) is 3.18. The fraction of sp³-hybridized carbons (Fsp3) is 0.556. The van der Waals surface area contributed by atoms with Crippen molar-refractivity contribution >= 4 is 5.91 Å². The lowest BCUT2D eigenvalue weighted by molar-refractivity contribution is -0.121. The molecule has 0 saturated carbocycles. The van der Waals surface area contributed by atoms with Crippen LogP contribution in [-0.4, -0.2) is 36.1 Å². The van der Waals surface area contributed by atoms with Gasteiger partial charge in [-0.1, -0.05) is 0 Å². The van der Waals surface area contributed by atoms with Crippen molar-refractivity contribution in [3.8, 4) is 0 Å². The number of nitrogens with zero attached hydrogens (tertiary/aromatic N) is 2. The Bertz CT molecular complexity index is 295. The van der Waals surface area contributed by atoms with Crippen molar-refractivity contribution in [2.45, 2.75) is 13.0 Å². The van der Waals surface area contributed by atoms with E-state index in [1.165, 1.54) is 0 Å². The third-order valence-electron chi connectivity index (χ3n) is 1.92. The van der Waals surface area contributed by atoms with E-state index in [0.29, 0.717) is 6.54 Å². The predicted molar refractivity (Wildman–Crippen MR) is 53.9 cm³/mol. The molecule has 1 amide bonds. The minimum Gasteiger partial charge on any atom is -0.358 e. The van der Waals surface area contributed by atoms with Crippen LogP contribution in [0.25, 0.3) is 0 Å². The molecule has 0 fully saturated rings. The van der Waals surface area contributed by atoms with Crippen molar-refractivity contribution in [1.82, 2.24) is 20.2 Å². The Kier molecular flexibility index (Phi) is 4.12.